The monoisotopic (exact) mass is 452 g/mol. The third-order valence-corrected chi connectivity index (χ3v) is 6.18. The second-order valence-electron chi connectivity index (χ2n) is 7.23. The molecule has 0 unspecified atom stereocenters. The molecule has 4 rings (SSSR count). The van der Waals surface area contributed by atoms with E-state index in [0.717, 1.165) is 22.4 Å². The Morgan fingerprint density at radius 2 is 1.70 bits per heavy atom. The minimum atomic E-state index is -1.04. The summed E-state index contributed by atoms with van der Waals surface area (Å²) in [7, 11) is 1.62. The maximum atomic E-state index is 12.4. The van der Waals surface area contributed by atoms with E-state index in [1.54, 1.807) is 37.4 Å². The fourth-order valence-corrected chi connectivity index (χ4v) is 4.42. The van der Waals surface area contributed by atoms with E-state index in [2.05, 4.69) is 6.07 Å². The summed E-state index contributed by atoms with van der Waals surface area (Å²) in [6.45, 7) is 0. The summed E-state index contributed by atoms with van der Waals surface area (Å²) >= 11 is 1.38. The molecule has 1 N–H and O–H groups in total. The summed E-state index contributed by atoms with van der Waals surface area (Å²) in [6, 6.07) is 28.2. The predicted octanol–water partition coefficient (Wildman–Crippen LogP) is 6.29. The van der Waals surface area contributed by atoms with Crippen LogP contribution in [-0.2, 0) is 5.75 Å². The van der Waals surface area contributed by atoms with Gasteiger partial charge in [0.1, 0.15) is 10.8 Å². The normalized spacial score (nSPS) is 10.4. The number of nitriles is 1. The molecule has 0 spiro atoms. The van der Waals surface area contributed by atoms with Crippen molar-refractivity contribution in [1.82, 2.24) is 4.98 Å². The zero-order chi connectivity index (χ0) is 23.2. The Balaban J connectivity index is 1.81. The maximum absolute atomic E-state index is 12.4. The number of carboxylic acid groups (broad SMARTS) is 1. The van der Waals surface area contributed by atoms with Crippen molar-refractivity contribution >= 4 is 17.7 Å². The third kappa shape index (κ3) is 5.05. The highest BCUT2D eigenvalue weighted by molar-refractivity contribution is 7.98. The Kier molecular flexibility index (Phi) is 6.72. The summed E-state index contributed by atoms with van der Waals surface area (Å²) in [5.74, 6) is 0.281. The van der Waals surface area contributed by atoms with Crippen LogP contribution < -0.4 is 4.74 Å². The predicted molar refractivity (Wildman–Crippen MR) is 129 cm³/mol. The molecule has 0 bridgehead atoms. The van der Waals surface area contributed by atoms with Crippen LogP contribution in [-0.4, -0.2) is 23.2 Å². The van der Waals surface area contributed by atoms with Gasteiger partial charge in [-0.05, 0) is 41.5 Å². The van der Waals surface area contributed by atoms with Crippen LogP contribution in [0.1, 0.15) is 21.5 Å². The first-order valence-corrected chi connectivity index (χ1v) is 11.2. The number of hydrogen-bond acceptors (Lipinski definition) is 5. The Morgan fingerprint density at radius 3 is 2.30 bits per heavy atom. The third-order valence-electron chi connectivity index (χ3n) is 5.13. The lowest BCUT2D eigenvalue weighted by Gasteiger charge is -2.14. The summed E-state index contributed by atoms with van der Waals surface area (Å²) in [5.41, 5.74) is 4.58. The number of aromatic nitrogens is 1. The van der Waals surface area contributed by atoms with Crippen LogP contribution in [0, 0.1) is 11.3 Å². The molecule has 5 nitrogen and oxygen atoms in total. The molecule has 0 saturated heterocycles. The number of pyridine rings is 1. The largest absolute Gasteiger partial charge is 0.497 e. The van der Waals surface area contributed by atoms with E-state index in [-0.39, 0.29) is 5.56 Å². The number of carboxylic acids is 1. The highest BCUT2D eigenvalue weighted by atomic mass is 32.2. The number of hydrogen-bond donors (Lipinski definition) is 1. The summed E-state index contributed by atoms with van der Waals surface area (Å²) in [6.07, 6.45) is 0. The second-order valence-corrected chi connectivity index (χ2v) is 8.20. The van der Waals surface area contributed by atoms with Crippen molar-refractivity contribution in [1.29, 1.82) is 5.26 Å². The fourth-order valence-electron chi connectivity index (χ4n) is 3.42. The van der Waals surface area contributed by atoms with Crippen LogP contribution >= 0.6 is 11.8 Å². The molecular formula is C27H20N2O3S. The second kappa shape index (κ2) is 10.0. The molecular weight excluding hydrogens is 432 g/mol. The number of aromatic carboxylic acids is 1. The molecule has 6 heteroatoms. The highest BCUT2D eigenvalue weighted by Gasteiger charge is 2.21. The van der Waals surface area contributed by atoms with E-state index in [4.69, 9.17) is 15.0 Å². The fraction of sp³-hybridized carbons (Fsp3) is 0.0741. The Bertz CT molecular complexity index is 1310. The maximum Gasteiger partial charge on any atom is 0.339 e. The van der Waals surface area contributed by atoms with Gasteiger partial charge in [0, 0.05) is 16.9 Å². The standard InChI is InChI=1S/C27H20N2O3S/c1-32-22-13-9-19(10-14-22)17-33-26-25(27(30)31)23(20-11-7-18(16-28)8-12-20)15-24(29-26)21-5-3-2-4-6-21/h2-15H,17H2,1H3,(H,30,31). The molecule has 0 radical (unpaired) electrons. The van der Waals surface area contributed by atoms with Gasteiger partial charge in [-0.3, -0.25) is 0 Å². The lowest BCUT2D eigenvalue weighted by atomic mass is 9.98. The number of benzene rings is 3. The minimum absolute atomic E-state index is 0.151. The number of thioether (sulfide) groups is 1. The van der Waals surface area contributed by atoms with Crippen LogP contribution in [0.3, 0.4) is 0 Å². The summed E-state index contributed by atoms with van der Waals surface area (Å²) < 4.78 is 5.21. The van der Waals surface area contributed by atoms with Crippen molar-refractivity contribution < 1.29 is 14.6 Å². The van der Waals surface area contributed by atoms with Crippen LogP contribution in [0.4, 0.5) is 0 Å². The molecule has 0 atom stereocenters. The SMILES string of the molecule is COc1ccc(CSc2nc(-c3ccccc3)cc(-c3ccc(C#N)cc3)c2C(=O)O)cc1. The van der Waals surface area contributed by atoms with Gasteiger partial charge in [0.25, 0.3) is 0 Å². The van der Waals surface area contributed by atoms with Crippen molar-refractivity contribution in [2.45, 2.75) is 10.8 Å². The van der Waals surface area contributed by atoms with E-state index < -0.39 is 5.97 Å². The Hall–Kier alpha value is -4.08. The molecule has 0 saturated carbocycles. The van der Waals surface area contributed by atoms with Gasteiger partial charge in [-0.1, -0.05) is 54.6 Å². The number of rotatable bonds is 7. The van der Waals surface area contributed by atoms with Gasteiger partial charge in [0.2, 0.25) is 0 Å². The van der Waals surface area contributed by atoms with Crippen molar-refractivity contribution in [3.8, 4) is 34.2 Å². The molecule has 33 heavy (non-hydrogen) atoms. The van der Waals surface area contributed by atoms with Gasteiger partial charge >= 0.3 is 5.97 Å². The van der Waals surface area contributed by atoms with E-state index in [1.807, 2.05) is 54.6 Å². The number of methoxy groups -OCH3 is 1. The van der Waals surface area contributed by atoms with Gasteiger partial charge in [0.05, 0.1) is 30.0 Å². The molecule has 0 aliphatic carbocycles. The average molecular weight is 453 g/mol. The van der Waals surface area contributed by atoms with Crippen molar-refractivity contribution in [2.24, 2.45) is 0 Å². The molecule has 0 aliphatic heterocycles. The van der Waals surface area contributed by atoms with Gasteiger partial charge in [-0.2, -0.15) is 5.26 Å². The van der Waals surface area contributed by atoms with Gasteiger partial charge in [0.15, 0.2) is 0 Å². The topological polar surface area (TPSA) is 83.2 Å². The first-order chi connectivity index (χ1) is 16.1. The molecule has 0 aliphatic rings. The van der Waals surface area contributed by atoms with Crippen molar-refractivity contribution in [2.75, 3.05) is 7.11 Å². The van der Waals surface area contributed by atoms with Gasteiger partial charge in [-0.15, -0.1) is 11.8 Å². The summed E-state index contributed by atoms with van der Waals surface area (Å²) in [4.78, 5) is 17.1. The van der Waals surface area contributed by atoms with E-state index in [1.165, 1.54) is 11.8 Å². The molecule has 4 aromatic rings. The average Bonchev–Trinajstić information content (AvgIpc) is 2.87. The molecule has 1 heterocycles. The molecule has 1 aromatic heterocycles. The van der Waals surface area contributed by atoms with Crippen molar-refractivity contribution in [3.63, 3.8) is 0 Å². The van der Waals surface area contributed by atoms with Crippen LogP contribution in [0.25, 0.3) is 22.4 Å². The minimum Gasteiger partial charge on any atom is -0.497 e. The van der Waals surface area contributed by atoms with Gasteiger partial charge in [-0.25, -0.2) is 9.78 Å². The summed E-state index contributed by atoms with van der Waals surface area (Å²) in [5, 5.41) is 19.7. The Morgan fingerprint density at radius 1 is 1.00 bits per heavy atom. The first kappa shape index (κ1) is 22.1. The Labute approximate surface area is 196 Å². The highest BCUT2D eigenvalue weighted by Crippen LogP contribution is 2.36. The van der Waals surface area contributed by atoms with E-state index in [0.29, 0.717) is 27.6 Å². The van der Waals surface area contributed by atoms with Crippen LogP contribution in [0.15, 0.2) is 90.0 Å². The molecule has 0 fully saturated rings. The van der Waals surface area contributed by atoms with Gasteiger partial charge < -0.3 is 9.84 Å². The van der Waals surface area contributed by atoms with Crippen LogP contribution in [0.2, 0.25) is 0 Å². The number of ether oxygens (including phenoxy) is 1. The van der Waals surface area contributed by atoms with Crippen molar-refractivity contribution in [3.05, 3.63) is 102 Å². The lowest BCUT2D eigenvalue weighted by Crippen LogP contribution is -2.06. The zero-order valence-corrected chi connectivity index (χ0v) is 18.7. The number of nitrogens with zero attached hydrogens (tertiary/aromatic N) is 2. The van der Waals surface area contributed by atoms with Crippen LogP contribution in [0.5, 0.6) is 5.75 Å². The smallest absolute Gasteiger partial charge is 0.339 e. The lowest BCUT2D eigenvalue weighted by molar-refractivity contribution is 0.0693. The zero-order valence-electron chi connectivity index (χ0n) is 17.9. The molecule has 162 valence electrons. The first-order valence-electron chi connectivity index (χ1n) is 10.2. The molecule has 0 amide bonds. The quantitative estimate of drug-likeness (QED) is 0.332. The number of carbonyl (C=O) groups is 1. The van der Waals surface area contributed by atoms with E-state index in [9.17, 15) is 9.90 Å². The molecule has 3 aromatic carbocycles. The van der Waals surface area contributed by atoms with E-state index >= 15 is 0 Å².